The van der Waals surface area contributed by atoms with E-state index in [0.29, 0.717) is 39.2 Å². The van der Waals surface area contributed by atoms with Crippen LogP contribution in [0, 0.1) is 6.92 Å². The quantitative estimate of drug-likeness (QED) is 0.245. The number of benzene rings is 3. The van der Waals surface area contributed by atoms with Crippen molar-refractivity contribution in [3.8, 4) is 17.2 Å². The molecule has 0 aliphatic heterocycles. The summed E-state index contributed by atoms with van der Waals surface area (Å²) in [6, 6.07) is 19.3. The van der Waals surface area contributed by atoms with Crippen LogP contribution < -0.4 is 15.0 Å². The second-order valence-electron chi connectivity index (χ2n) is 8.19. The highest BCUT2D eigenvalue weighted by molar-refractivity contribution is 7.98. The summed E-state index contributed by atoms with van der Waals surface area (Å²) in [5.41, 5.74) is 4.77. The van der Waals surface area contributed by atoms with E-state index in [-0.39, 0.29) is 5.56 Å². The SMILES string of the molecule is COc1cc(C)c(CSc2nc3ccccc3c(=O)n2-c2ccccc2OC)cc1C(C)C. The van der Waals surface area contributed by atoms with Crippen molar-refractivity contribution in [1.82, 2.24) is 9.55 Å². The number of aromatic nitrogens is 2. The molecule has 1 heterocycles. The number of hydrogen-bond donors (Lipinski definition) is 0. The summed E-state index contributed by atoms with van der Waals surface area (Å²) < 4.78 is 12.8. The molecule has 5 nitrogen and oxygen atoms in total. The van der Waals surface area contributed by atoms with Crippen molar-refractivity contribution < 1.29 is 9.47 Å². The first-order chi connectivity index (χ1) is 15.9. The van der Waals surface area contributed by atoms with Gasteiger partial charge < -0.3 is 9.47 Å². The van der Waals surface area contributed by atoms with E-state index >= 15 is 0 Å². The van der Waals surface area contributed by atoms with Crippen LogP contribution >= 0.6 is 11.8 Å². The first-order valence-corrected chi connectivity index (χ1v) is 11.9. The summed E-state index contributed by atoms with van der Waals surface area (Å²) in [5.74, 6) is 2.55. The molecule has 0 bridgehead atoms. The first kappa shape index (κ1) is 22.9. The standard InChI is InChI=1S/C27H28N2O3S/c1-17(2)21-15-19(18(3)14-25(21)32-5)16-33-27-28-22-11-7-6-10-20(22)26(30)29(27)23-12-8-9-13-24(23)31-4/h6-15,17H,16H2,1-5H3. The molecule has 0 aliphatic rings. The molecule has 0 N–H and O–H groups in total. The van der Waals surface area contributed by atoms with Gasteiger partial charge in [-0.25, -0.2) is 4.98 Å². The van der Waals surface area contributed by atoms with Crippen LogP contribution in [0.2, 0.25) is 0 Å². The van der Waals surface area contributed by atoms with Crippen molar-refractivity contribution in [3.63, 3.8) is 0 Å². The smallest absolute Gasteiger partial charge is 0.266 e. The predicted molar refractivity (Wildman–Crippen MR) is 135 cm³/mol. The van der Waals surface area contributed by atoms with Gasteiger partial charge in [0.2, 0.25) is 0 Å². The second-order valence-corrected chi connectivity index (χ2v) is 9.13. The van der Waals surface area contributed by atoms with Crippen LogP contribution in [0.25, 0.3) is 16.6 Å². The third-order valence-electron chi connectivity index (χ3n) is 5.74. The number of nitrogens with zero attached hydrogens (tertiary/aromatic N) is 2. The summed E-state index contributed by atoms with van der Waals surface area (Å²) in [6.45, 7) is 6.41. The number of aryl methyl sites for hydroxylation is 1. The first-order valence-electron chi connectivity index (χ1n) is 10.9. The lowest BCUT2D eigenvalue weighted by Crippen LogP contribution is -2.22. The van der Waals surface area contributed by atoms with Crippen molar-refractivity contribution in [2.75, 3.05) is 14.2 Å². The van der Waals surface area contributed by atoms with E-state index < -0.39 is 0 Å². The Morgan fingerprint density at radius 3 is 2.39 bits per heavy atom. The van der Waals surface area contributed by atoms with Crippen LogP contribution in [0.15, 0.2) is 70.6 Å². The molecule has 0 aliphatic carbocycles. The molecule has 0 saturated carbocycles. The number of ether oxygens (including phenoxy) is 2. The molecule has 1 aromatic heterocycles. The minimum atomic E-state index is -0.109. The molecule has 33 heavy (non-hydrogen) atoms. The van der Waals surface area contributed by atoms with E-state index in [1.165, 1.54) is 11.1 Å². The van der Waals surface area contributed by atoms with Gasteiger partial charge in [-0.05, 0) is 59.9 Å². The Kier molecular flexibility index (Phi) is 6.75. The maximum Gasteiger partial charge on any atom is 0.266 e. The minimum absolute atomic E-state index is 0.109. The van der Waals surface area contributed by atoms with E-state index in [4.69, 9.17) is 14.5 Å². The van der Waals surface area contributed by atoms with Gasteiger partial charge in [0.15, 0.2) is 5.16 Å². The van der Waals surface area contributed by atoms with Crippen molar-refractivity contribution in [2.24, 2.45) is 0 Å². The van der Waals surface area contributed by atoms with E-state index in [9.17, 15) is 4.79 Å². The number of thioether (sulfide) groups is 1. The zero-order chi connectivity index (χ0) is 23.5. The summed E-state index contributed by atoms with van der Waals surface area (Å²) in [4.78, 5) is 18.4. The zero-order valence-corrected chi connectivity index (χ0v) is 20.4. The maximum absolute atomic E-state index is 13.6. The molecular weight excluding hydrogens is 432 g/mol. The fourth-order valence-electron chi connectivity index (χ4n) is 3.91. The van der Waals surface area contributed by atoms with Crippen LogP contribution in [0.1, 0.15) is 36.5 Å². The lowest BCUT2D eigenvalue weighted by Gasteiger charge is -2.18. The monoisotopic (exact) mass is 460 g/mol. The molecule has 0 radical (unpaired) electrons. The molecule has 0 unspecified atom stereocenters. The largest absolute Gasteiger partial charge is 0.496 e. The Bertz CT molecular complexity index is 1360. The molecule has 170 valence electrons. The lowest BCUT2D eigenvalue weighted by molar-refractivity contribution is 0.407. The number of para-hydroxylation sites is 3. The topological polar surface area (TPSA) is 53.3 Å². The van der Waals surface area contributed by atoms with Crippen LogP contribution in [0.4, 0.5) is 0 Å². The number of hydrogen-bond acceptors (Lipinski definition) is 5. The lowest BCUT2D eigenvalue weighted by atomic mass is 9.97. The van der Waals surface area contributed by atoms with Crippen molar-refractivity contribution in [2.45, 2.75) is 37.6 Å². The zero-order valence-electron chi connectivity index (χ0n) is 19.6. The number of rotatable bonds is 7. The third-order valence-corrected chi connectivity index (χ3v) is 6.73. The number of fused-ring (bicyclic) bond motifs is 1. The molecule has 6 heteroatoms. The molecule has 0 atom stereocenters. The predicted octanol–water partition coefficient (Wildman–Crippen LogP) is 6.13. The van der Waals surface area contributed by atoms with Gasteiger partial charge in [-0.15, -0.1) is 0 Å². The molecule has 0 fully saturated rings. The average molecular weight is 461 g/mol. The molecule has 4 rings (SSSR count). The van der Waals surface area contributed by atoms with E-state index in [2.05, 4.69) is 32.9 Å². The highest BCUT2D eigenvalue weighted by Crippen LogP contribution is 2.33. The van der Waals surface area contributed by atoms with E-state index in [0.717, 1.165) is 11.3 Å². The van der Waals surface area contributed by atoms with Gasteiger partial charge in [0.1, 0.15) is 11.5 Å². The minimum Gasteiger partial charge on any atom is -0.496 e. The van der Waals surface area contributed by atoms with Gasteiger partial charge in [-0.3, -0.25) is 9.36 Å². The fraction of sp³-hybridized carbons (Fsp3) is 0.259. The van der Waals surface area contributed by atoms with Gasteiger partial charge >= 0.3 is 0 Å². The van der Waals surface area contributed by atoms with Crippen molar-refractivity contribution >= 4 is 22.7 Å². The summed E-state index contributed by atoms with van der Waals surface area (Å²) >= 11 is 1.55. The summed E-state index contributed by atoms with van der Waals surface area (Å²) in [7, 11) is 3.32. The van der Waals surface area contributed by atoms with Gasteiger partial charge in [0.25, 0.3) is 5.56 Å². The molecule has 0 saturated heterocycles. The molecule has 4 aromatic rings. The Morgan fingerprint density at radius 2 is 1.67 bits per heavy atom. The van der Waals surface area contributed by atoms with Crippen molar-refractivity contribution in [1.29, 1.82) is 0 Å². The van der Waals surface area contributed by atoms with Crippen LogP contribution in [-0.2, 0) is 5.75 Å². The van der Waals surface area contributed by atoms with Gasteiger partial charge in [-0.2, -0.15) is 0 Å². The highest BCUT2D eigenvalue weighted by atomic mass is 32.2. The van der Waals surface area contributed by atoms with Crippen LogP contribution in [0.5, 0.6) is 11.5 Å². The Balaban J connectivity index is 1.83. The molecular formula is C27H28N2O3S. The second kappa shape index (κ2) is 9.71. The third kappa shape index (κ3) is 4.48. The summed E-state index contributed by atoms with van der Waals surface area (Å²) in [5, 5.41) is 1.21. The fourth-order valence-corrected chi connectivity index (χ4v) is 4.98. The Morgan fingerprint density at radius 1 is 0.970 bits per heavy atom. The molecule has 3 aromatic carbocycles. The maximum atomic E-state index is 13.6. The van der Waals surface area contributed by atoms with Crippen LogP contribution in [-0.4, -0.2) is 23.8 Å². The normalized spacial score (nSPS) is 11.2. The summed E-state index contributed by atoms with van der Waals surface area (Å²) in [6.07, 6.45) is 0. The number of methoxy groups -OCH3 is 2. The Hall–Kier alpha value is -3.25. The van der Waals surface area contributed by atoms with E-state index in [1.807, 2.05) is 48.5 Å². The molecule has 0 amide bonds. The van der Waals surface area contributed by atoms with Gasteiger partial charge in [0.05, 0.1) is 30.8 Å². The Labute approximate surface area is 198 Å². The highest BCUT2D eigenvalue weighted by Gasteiger charge is 2.17. The average Bonchev–Trinajstić information content (AvgIpc) is 2.83. The van der Waals surface area contributed by atoms with Crippen LogP contribution in [0.3, 0.4) is 0 Å². The van der Waals surface area contributed by atoms with Gasteiger partial charge in [-0.1, -0.05) is 55.9 Å². The van der Waals surface area contributed by atoms with Gasteiger partial charge in [0, 0.05) is 5.75 Å². The van der Waals surface area contributed by atoms with E-state index in [1.54, 1.807) is 30.5 Å². The van der Waals surface area contributed by atoms with Crippen molar-refractivity contribution in [3.05, 3.63) is 87.7 Å². The molecule has 0 spiro atoms.